The molecule has 0 heteroatoms. The van der Waals surface area contributed by atoms with E-state index in [0.29, 0.717) is 5.92 Å². The van der Waals surface area contributed by atoms with Crippen molar-refractivity contribution in [3.05, 3.63) is 49.6 Å². The van der Waals surface area contributed by atoms with E-state index >= 15 is 0 Å². The quantitative estimate of drug-likeness (QED) is 0.316. The van der Waals surface area contributed by atoms with E-state index in [1.807, 2.05) is 12.2 Å². The summed E-state index contributed by atoms with van der Waals surface area (Å²) in [7, 11) is 0. The lowest BCUT2D eigenvalue weighted by Gasteiger charge is -1.93. The van der Waals surface area contributed by atoms with Gasteiger partial charge in [-0.3, -0.25) is 0 Å². The minimum Gasteiger partial charge on any atom is -0.102 e. The third kappa shape index (κ3) is 7.07. The predicted octanol–water partition coefficient (Wildman–Crippen LogP) is 3.89. The second-order valence-corrected chi connectivity index (χ2v) is 2.76. The molecule has 12 heavy (non-hydrogen) atoms. The van der Waals surface area contributed by atoms with Crippen LogP contribution < -0.4 is 0 Å². The summed E-state index contributed by atoms with van der Waals surface area (Å²) in [4.78, 5) is 0. The number of hydrogen-bond donors (Lipinski definition) is 0. The number of hydrogen-bond acceptors (Lipinski definition) is 0. The lowest BCUT2D eigenvalue weighted by molar-refractivity contribution is 0.923. The van der Waals surface area contributed by atoms with Crippen LogP contribution in [0.1, 0.15) is 19.8 Å². The van der Waals surface area contributed by atoms with Crippen molar-refractivity contribution in [2.75, 3.05) is 0 Å². The summed E-state index contributed by atoms with van der Waals surface area (Å²) in [6.45, 7) is 9.44. The van der Waals surface area contributed by atoms with Gasteiger partial charge in [0.25, 0.3) is 0 Å². The molecule has 0 bridgehead atoms. The highest BCUT2D eigenvalue weighted by Gasteiger charge is 1.84. The molecule has 0 spiro atoms. The van der Waals surface area contributed by atoms with Crippen LogP contribution >= 0.6 is 0 Å². The van der Waals surface area contributed by atoms with Crippen molar-refractivity contribution in [3.8, 4) is 0 Å². The van der Waals surface area contributed by atoms with Gasteiger partial charge in [0, 0.05) is 0 Å². The molecule has 0 aliphatic carbocycles. The Kier molecular flexibility index (Phi) is 7.36. The average Bonchev–Trinajstić information content (AvgIpc) is 2.10. The van der Waals surface area contributed by atoms with Gasteiger partial charge >= 0.3 is 0 Å². The third-order valence-electron chi connectivity index (χ3n) is 1.58. The van der Waals surface area contributed by atoms with E-state index in [2.05, 4.69) is 38.3 Å². The highest BCUT2D eigenvalue weighted by Crippen LogP contribution is 2.00. The monoisotopic (exact) mass is 162 g/mol. The van der Waals surface area contributed by atoms with Crippen LogP contribution in [0.25, 0.3) is 0 Å². The third-order valence-corrected chi connectivity index (χ3v) is 1.58. The molecule has 0 aliphatic rings. The van der Waals surface area contributed by atoms with Gasteiger partial charge in [-0.15, -0.1) is 6.58 Å². The van der Waals surface area contributed by atoms with Crippen LogP contribution in [0, 0.1) is 5.92 Å². The first kappa shape index (κ1) is 11.0. The average molecular weight is 162 g/mol. The fourth-order valence-electron chi connectivity index (χ4n) is 0.774. The Morgan fingerprint density at radius 2 is 1.83 bits per heavy atom. The largest absolute Gasteiger partial charge is 0.102 e. The van der Waals surface area contributed by atoms with Gasteiger partial charge < -0.3 is 0 Å². The minimum atomic E-state index is 0.494. The Morgan fingerprint density at radius 1 is 1.17 bits per heavy atom. The summed E-state index contributed by atoms with van der Waals surface area (Å²) in [5.74, 6) is 0.494. The Labute approximate surface area is 76.0 Å². The molecule has 0 fully saturated rings. The number of unbranched alkanes of at least 4 members (excludes halogenated alkanes) is 1. The van der Waals surface area contributed by atoms with E-state index in [-0.39, 0.29) is 0 Å². The number of rotatable bonds is 6. The summed E-state index contributed by atoms with van der Waals surface area (Å²) in [5, 5.41) is 0. The summed E-state index contributed by atoms with van der Waals surface area (Å²) in [6.07, 6.45) is 14.4. The molecule has 0 saturated heterocycles. The van der Waals surface area contributed by atoms with Gasteiger partial charge in [-0.2, -0.15) is 0 Å². The Morgan fingerprint density at radius 3 is 2.42 bits per heavy atom. The van der Waals surface area contributed by atoms with Crippen LogP contribution in [0.15, 0.2) is 49.6 Å². The van der Waals surface area contributed by atoms with Gasteiger partial charge in [-0.25, -0.2) is 0 Å². The maximum Gasteiger partial charge on any atom is -0.00846 e. The van der Waals surface area contributed by atoms with Crippen molar-refractivity contribution in [1.29, 1.82) is 0 Å². The molecule has 0 aromatic heterocycles. The van der Waals surface area contributed by atoms with Gasteiger partial charge in [-0.05, 0) is 18.8 Å². The van der Waals surface area contributed by atoms with E-state index in [1.54, 1.807) is 6.08 Å². The zero-order valence-corrected chi connectivity index (χ0v) is 7.87. The van der Waals surface area contributed by atoms with Gasteiger partial charge in [0.15, 0.2) is 0 Å². The molecule has 1 unspecified atom stereocenters. The van der Waals surface area contributed by atoms with Gasteiger partial charge in [0.1, 0.15) is 0 Å². The standard InChI is InChI=1S/C12H18/c1-4-6-7-8-9-10-11-12(3)5-2/h4-7,10-12H,1-2,8-9H2,3H3. The zero-order valence-electron chi connectivity index (χ0n) is 7.87. The first-order valence-corrected chi connectivity index (χ1v) is 4.38. The van der Waals surface area contributed by atoms with Crippen molar-refractivity contribution >= 4 is 0 Å². The second kappa shape index (κ2) is 8.06. The smallest absolute Gasteiger partial charge is 0.00846 e. The summed E-state index contributed by atoms with van der Waals surface area (Å²) in [5.41, 5.74) is 0. The van der Waals surface area contributed by atoms with Crippen molar-refractivity contribution in [1.82, 2.24) is 0 Å². The molecule has 0 amide bonds. The maximum absolute atomic E-state index is 3.71. The molecule has 0 aromatic rings. The summed E-state index contributed by atoms with van der Waals surface area (Å²) in [6, 6.07) is 0. The van der Waals surface area contributed by atoms with E-state index in [0.717, 1.165) is 12.8 Å². The van der Waals surface area contributed by atoms with Crippen LogP contribution in [0.5, 0.6) is 0 Å². The molecular formula is C12H18. The molecule has 1 atom stereocenters. The van der Waals surface area contributed by atoms with Gasteiger partial charge in [0.2, 0.25) is 0 Å². The van der Waals surface area contributed by atoms with Crippen molar-refractivity contribution in [3.63, 3.8) is 0 Å². The summed E-state index contributed by atoms with van der Waals surface area (Å²) < 4.78 is 0. The van der Waals surface area contributed by atoms with Gasteiger partial charge in [-0.1, -0.05) is 50.0 Å². The molecule has 0 nitrogen and oxygen atoms in total. The maximum atomic E-state index is 3.71. The first-order valence-electron chi connectivity index (χ1n) is 4.38. The lowest BCUT2D eigenvalue weighted by Crippen LogP contribution is -1.79. The molecule has 0 rings (SSSR count). The summed E-state index contributed by atoms with van der Waals surface area (Å²) >= 11 is 0. The van der Waals surface area contributed by atoms with E-state index in [4.69, 9.17) is 0 Å². The van der Waals surface area contributed by atoms with Gasteiger partial charge in [0.05, 0.1) is 0 Å². The van der Waals surface area contributed by atoms with Crippen molar-refractivity contribution in [2.24, 2.45) is 5.92 Å². The molecule has 66 valence electrons. The Hall–Kier alpha value is -1.04. The number of allylic oxidation sites excluding steroid dienone is 6. The van der Waals surface area contributed by atoms with Crippen LogP contribution in [0.3, 0.4) is 0 Å². The predicted molar refractivity (Wildman–Crippen MR) is 57.1 cm³/mol. The normalized spacial score (nSPS) is 13.8. The Bertz CT molecular complexity index is 172. The van der Waals surface area contributed by atoms with E-state index in [1.165, 1.54) is 0 Å². The highest BCUT2D eigenvalue weighted by molar-refractivity contribution is 4.99. The molecule has 0 aromatic carbocycles. The zero-order chi connectivity index (χ0) is 9.23. The van der Waals surface area contributed by atoms with E-state index < -0.39 is 0 Å². The Balaban J connectivity index is 3.41. The fourth-order valence-corrected chi connectivity index (χ4v) is 0.774. The molecule has 0 saturated carbocycles. The molecule has 0 radical (unpaired) electrons. The van der Waals surface area contributed by atoms with Crippen LogP contribution in [-0.2, 0) is 0 Å². The van der Waals surface area contributed by atoms with Crippen LogP contribution in [0.4, 0.5) is 0 Å². The SMILES string of the molecule is C=CC=CCCC=CC(C)C=C. The fraction of sp³-hybridized carbons (Fsp3) is 0.333. The minimum absolute atomic E-state index is 0.494. The van der Waals surface area contributed by atoms with Crippen LogP contribution in [0.2, 0.25) is 0 Å². The van der Waals surface area contributed by atoms with Crippen molar-refractivity contribution < 1.29 is 0 Å². The first-order chi connectivity index (χ1) is 5.81. The lowest BCUT2D eigenvalue weighted by atomic mass is 10.1. The molecule has 0 heterocycles. The molecule has 0 aliphatic heterocycles. The van der Waals surface area contributed by atoms with Crippen molar-refractivity contribution in [2.45, 2.75) is 19.8 Å². The highest BCUT2D eigenvalue weighted by atomic mass is 13.9. The van der Waals surface area contributed by atoms with Crippen LogP contribution in [-0.4, -0.2) is 0 Å². The molecular weight excluding hydrogens is 144 g/mol. The second-order valence-electron chi connectivity index (χ2n) is 2.76. The topological polar surface area (TPSA) is 0 Å². The molecule has 0 N–H and O–H groups in total. The van der Waals surface area contributed by atoms with E-state index in [9.17, 15) is 0 Å².